The van der Waals surface area contributed by atoms with Crippen LogP contribution in [0.3, 0.4) is 0 Å². The minimum absolute atomic E-state index is 0.0270. The van der Waals surface area contributed by atoms with Crippen LogP contribution in [0.15, 0.2) is 6.20 Å². The molecule has 3 N–H and O–H groups in total. The molecule has 0 aliphatic carbocycles. The van der Waals surface area contributed by atoms with E-state index in [1.165, 1.54) is 6.20 Å². The topological polar surface area (TPSA) is 89.1 Å². The van der Waals surface area contributed by atoms with Crippen molar-refractivity contribution in [3.05, 3.63) is 17.6 Å². The van der Waals surface area contributed by atoms with Gasteiger partial charge in [0, 0.05) is 6.20 Å². The Morgan fingerprint density at radius 1 is 1.71 bits per heavy atom. The predicted octanol–water partition coefficient (Wildman–Crippen LogP) is 1.01. The number of aromatic nitrogens is 2. The number of anilines is 1. The summed E-state index contributed by atoms with van der Waals surface area (Å²) in [4.78, 5) is 18.4. The van der Waals surface area contributed by atoms with E-state index in [0.717, 1.165) is 5.75 Å². The number of nitrogen functional groups attached to an aromatic ring is 1. The Bertz CT molecular complexity index is 343. The first-order valence-corrected chi connectivity index (χ1v) is 5.23. The smallest absolute Gasteiger partial charge is 0.341 e. The third kappa shape index (κ3) is 2.59. The summed E-state index contributed by atoms with van der Waals surface area (Å²) < 4.78 is 0. The van der Waals surface area contributed by atoms with Gasteiger partial charge in [-0.1, -0.05) is 6.92 Å². The second kappa shape index (κ2) is 4.80. The predicted molar refractivity (Wildman–Crippen MR) is 55.2 cm³/mol. The van der Waals surface area contributed by atoms with Gasteiger partial charge >= 0.3 is 5.97 Å². The normalized spacial score (nSPS) is 10.1. The summed E-state index contributed by atoms with van der Waals surface area (Å²) in [6.45, 7) is 2.03. The Balaban J connectivity index is 2.83. The van der Waals surface area contributed by atoms with E-state index < -0.39 is 5.97 Å². The summed E-state index contributed by atoms with van der Waals surface area (Å²) in [5.74, 6) is 1.11. The van der Waals surface area contributed by atoms with Gasteiger partial charge in [-0.3, -0.25) is 0 Å². The molecule has 0 aliphatic rings. The first-order valence-electron chi connectivity index (χ1n) is 4.07. The maximum Gasteiger partial charge on any atom is 0.341 e. The number of carbonyl (C=O) groups is 1. The van der Waals surface area contributed by atoms with Gasteiger partial charge in [0.2, 0.25) is 0 Å². The zero-order valence-electron chi connectivity index (χ0n) is 7.73. The molecule has 1 heterocycles. The SMILES string of the molecule is CCSCc1ncc(C(=O)O)c(N)n1. The highest BCUT2D eigenvalue weighted by molar-refractivity contribution is 7.98. The molecular weight excluding hydrogens is 202 g/mol. The largest absolute Gasteiger partial charge is 0.477 e. The van der Waals surface area contributed by atoms with Crippen molar-refractivity contribution in [1.29, 1.82) is 0 Å². The van der Waals surface area contributed by atoms with Gasteiger partial charge in [-0.15, -0.1) is 0 Å². The molecule has 1 aromatic heterocycles. The molecule has 76 valence electrons. The molecule has 0 saturated carbocycles. The van der Waals surface area contributed by atoms with Crippen LogP contribution < -0.4 is 5.73 Å². The van der Waals surface area contributed by atoms with Crippen molar-refractivity contribution in [3.8, 4) is 0 Å². The van der Waals surface area contributed by atoms with E-state index in [1.54, 1.807) is 11.8 Å². The average molecular weight is 213 g/mol. The molecule has 0 bridgehead atoms. The number of aromatic carboxylic acids is 1. The molecule has 1 rings (SSSR count). The number of hydrogen-bond acceptors (Lipinski definition) is 5. The fraction of sp³-hybridized carbons (Fsp3) is 0.375. The summed E-state index contributed by atoms with van der Waals surface area (Å²) in [5, 5.41) is 8.67. The Morgan fingerprint density at radius 3 is 2.93 bits per heavy atom. The van der Waals surface area contributed by atoms with Crippen LogP contribution in [-0.2, 0) is 5.75 Å². The molecular formula is C8H11N3O2S. The van der Waals surface area contributed by atoms with Gasteiger partial charge in [0.25, 0.3) is 0 Å². The minimum Gasteiger partial charge on any atom is -0.477 e. The summed E-state index contributed by atoms with van der Waals surface area (Å²) in [6, 6.07) is 0. The van der Waals surface area contributed by atoms with Crippen LogP contribution in [0.2, 0.25) is 0 Å². The van der Waals surface area contributed by atoms with Gasteiger partial charge in [0.1, 0.15) is 17.2 Å². The molecule has 0 radical (unpaired) electrons. The molecule has 6 heteroatoms. The lowest BCUT2D eigenvalue weighted by Crippen LogP contribution is -2.07. The van der Waals surface area contributed by atoms with E-state index in [0.29, 0.717) is 11.6 Å². The van der Waals surface area contributed by atoms with Gasteiger partial charge in [0.15, 0.2) is 0 Å². The zero-order valence-corrected chi connectivity index (χ0v) is 8.54. The summed E-state index contributed by atoms with van der Waals surface area (Å²) in [7, 11) is 0. The lowest BCUT2D eigenvalue weighted by Gasteiger charge is -2.02. The zero-order chi connectivity index (χ0) is 10.6. The van der Waals surface area contributed by atoms with E-state index in [9.17, 15) is 4.79 Å². The molecule has 0 saturated heterocycles. The van der Waals surface area contributed by atoms with Crippen LogP contribution in [-0.4, -0.2) is 26.8 Å². The van der Waals surface area contributed by atoms with E-state index in [4.69, 9.17) is 10.8 Å². The summed E-state index contributed by atoms with van der Waals surface area (Å²) in [6.07, 6.45) is 1.25. The highest BCUT2D eigenvalue weighted by Gasteiger charge is 2.10. The van der Waals surface area contributed by atoms with E-state index >= 15 is 0 Å². The first kappa shape index (κ1) is 10.8. The fourth-order valence-corrected chi connectivity index (χ4v) is 1.39. The highest BCUT2D eigenvalue weighted by atomic mass is 32.2. The van der Waals surface area contributed by atoms with Gasteiger partial charge in [-0.2, -0.15) is 11.8 Å². The first-order chi connectivity index (χ1) is 6.65. The van der Waals surface area contributed by atoms with Gasteiger partial charge in [-0.05, 0) is 5.75 Å². The van der Waals surface area contributed by atoms with Crippen molar-refractivity contribution in [1.82, 2.24) is 9.97 Å². The fourth-order valence-electron chi connectivity index (χ4n) is 0.861. The monoisotopic (exact) mass is 213 g/mol. The Hall–Kier alpha value is -1.30. The standard InChI is InChI=1S/C8H11N3O2S/c1-2-14-4-6-10-3-5(8(12)13)7(9)11-6/h3H,2,4H2,1H3,(H,12,13)(H2,9,10,11). The summed E-state index contributed by atoms with van der Waals surface area (Å²) >= 11 is 1.66. The quantitative estimate of drug-likeness (QED) is 0.775. The van der Waals surface area contributed by atoms with Crippen LogP contribution >= 0.6 is 11.8 Å². The van der Waals surface area contributed by atoms with Crippen LogP contribution in [0.4, 0.5) is 5.82 Å². The number of rotatable bonds is 4. The van der Waals surface area contributed by atoms with Crippen LogP contribution in [0.25, 0.3) is 0 Å². The highest BCUT2D eigenvalue weighted by Crippen LogP contribution is 2.11. The summed E-state index contributed by atoms with van der Waals surface area (Å²) in [5.41, 5.74) is 5.41. The molecule has 1 aromatic rings. The number of nitrogens with zero attached hydrogens (tertiary/aromatic N) is 2. The Morgan fingerprint density at radius 2 is 2.43 bits per heavy atom. The Labute approximate surface area is 85.7 Å². The lowest BCUT2D eigenvalue weighted by atomic mass is 10.3. The van der Waals surface area contributed by atoms with Crippen molar-refractivity contribution < 1.29 is 9.90 Å². The molecule has 14 heavy (non-hydrogen) atoms. The van der Waals surface area contributed by atoms with E-state index in [1.807, 2.05) is 6.92 Å². The van der Waals surface area contributed by atoms with Gasteiger partial charge < -0.3 is 10.8 Å². The third-order valence-electron chi connectivity index (χ3n) is 1.53. The van der Waals surface area contributed by atoms with Crippen molar-refractivity contribution >= 4 is 23.5 Å². The van der Waals surface area contributed by atoms with Crippen molar-refractivity contribution in [3.63, 3.8) is 0 Å². The minimum atomic E-state index is -1.10. The second-order valence-corrected chi connectivity index (χ2v) is 3.80. The number of thioether (sulfide) groups is 1. The van der Waals surface area contributed by atoms with Crippen molar-refractivity contribution in [2.45, 2.75) is 12.7 Å². The Kier molecular flexibility index (Phi) is 3.70. The molecule has 0 spiro atoms. The molecule has 0 amide bonds. The molecule has 0 atom stereocenters. The molecule has 0 aliphatic heterocycles. The maximum atomic E-state index is 10.6. The van der Waals surface area contributed by atoms with Crippen LogP contribution in [0.5, 0.6) is 0 Å². The van der Waals surface area contributed by atoms with Crippen molar-refractivity contribution in [2.24, 2.45) is 0 Å². The second-order valence-electron chi connectivity index (χ2n) is 2.53. The molecule has 0 fully saturated rings. The molecule has 5 nitrogen and oxygen atoms in total. The maximum absolute atomic E-state index is 10.6. The average Bonchev–Trinajstić information content (AvgIpc) is 2.14. The van der Waals surface area contributed by atoms with E-state index in [-0.39, 0.29) is 11.4 Å². The van der Waals surface area contributed by atoms with E-state index in [2.05, 4.69) is 9.97 Å². The molecule has 0 aromatic carbocycles. The van der Waals surface area contributed by atoms with Crippen LogP contribution in [0, 0.1) is 0 Å². The lowest BCUT2D eigenvalue weighted by molar-refractivity contribution is 0.0697. The van der Waals surface area contributed by atoms with Gasteiger partial charge in [0.05, 0.1) is 5.75 Å². The number of nitrogens with two attached hydrogens (primary N) is 1. The molecule has 0 unspecified atom stereocenters. The third-order valence-corrected chi connectivity index (χ3v) is 2.40. The number of hydrogen-bond donors (Lipinski definition) is 2. The number of carboxylic acid groups (broad SMARTS) is 1. The van der Waals surface area contributed by atoms with Crippen LogP contribution in [0.1, 0.15) is 23.1 Å². The number of carboxylic acids is 1. The van der Waals surface area contributed by atoms with Crippen molar-refractivity contribution in [2.75, 3.05) is 11.5 Å². The van der Waals surface area contributed by atoms with Gasteiger partial charge in [-0.25, -0.2) is 14.8 Å².